The Hall–Kier alpha value is -0.0800. The lowest BCUT2D eigenvalue weighted by Crippen LogP contribution is -2.56. The summed E-state index contributed by atoms with van der Waals surface area (Å²) >= 11 is 0. The molecule has 4 rings (SSSR count). The number of rotatable bonds is 2. The zero-order valence-electron chi connectivity index (χ0n) is 9.00. The molecule has 14 heavy (non-hydrogen) atoms. The first-order chi connectivity index (χ1) is 6.72. The van der Waals surface area contributed by atoms with Gasteiger partial charge in [0.25, 0.3) is 0 Å². The average molecular weight is 195 g/mol. The standard InChI is InChI=1S/C12H21NO/c1-13-7-12-4-8-2-9(5-12)11(14)10(3-8)6-12/h8-11,13-14H,2-7H2,1H3. The van der Waals surface area contributed by atoms with Crippen molar-refractivity contribution < 1.29 is 5.11 Å². The van der Waals surface area contributed by atoms with Crippen molar-refractivity contribution in [2.24, 2.45) is 23.2 Å². The molecule has 4 fully saturated rings. The second-order valence-corrected chi connectivity index (χ2v) is 5.99. The summed E-state index contributed by atoms with van der Waals surface area (Å²) in [7, 11) is 2.06. The topological polar surface area (TPSA) is 32.3 Å². The Bertz CT molecular complexity index is 224. The zero-order valence-corrected chi connectivity index (χ0v) is 9.00. The third kappa shape index (κ3) is 1.17. The van der Waals surface area contributed by atoms with E-state index in [0.29, 0.717) is 17.3 Å². The molecule has 4 aliphatic carbocycles. The predicted octanol–water partition coefficient (Wildman–Crippen LogP) is 1.39. The minimum Gasteiger partial charge on any atom is -0.393 e. The Labute approximate surface area is 86.1 Å². The number of aliphatic hydroxyl groups excluding tert-OH is 1. The molecular formula is C12H21NO. The van der Waals surface area contributed by atoms with Crippen LogP contribution < -0.4 is 5.32 Å². The lowest BCUT2D eigenvalue weighted by molar-refractivity contribution is -0.132. The Balaban J connectivity index is 1.85. The van der Waals surface area contributed by atoms with Crippen LogP contribution in [0.2, 0.25) is 0 Å². The maximum Gasteiger partial charge on any atom is 0.0597 e. The molecule has 80 valence electrons. The van der Waals surface area contributed by atoms with Crippen LogP contribution >= 0.6 is 0 Å². The third-order valence-electron chi connectivity index (χ3n) is 4.90. The van der Waals surface area contributed by atoms with Gasteiger partial charge in [0, 0.05) is 6.54 Å². The molecule has 2 heteroatoms. The molecule has 0 aromatic rings. The van der Waals surface area contributed by atoms with E-state index in [1.807, 2.05) is 0 Å². The summed E-state index contributed by atoms with van der Waals surface area (Å²) in [6, 6.07) is 0. The van der Waals surface area contributed by atoms with Crippen LogP contribution in [0.1, 0.15) is 32.1 Å². The maximum absolute atomic E-state index is 10.1. The van der Waals surface area contributed by atoms with Gasteiger partial charge in [0.05, 0.1) is 6.10 Å². The summed E-state index contributed by atoms with van der Waals surface area (Å²) in [6.07, 6.45) is 6.64. The Morgan fingerprint density at radius 2 is 1.86 bits per heavy atom. The molecule has 0 amide bonds. The molecule has 2 N–H and O–H groups in total. The molecular weight excluding hydrogens is 174 g/mol. The Morgan fingerprint density at radius 1 is 1.21 bits per heavy atom. The van der Waals surface area contributed by atoms with Gasteiger partial charge in [0.15, 0.2) is 0 Å². The van der Waals surface area contributed by atoms with Crippen molar-refractivity contribution in [3.05, 3.63) is 0 Å². The Kier molecular flexibility index (Phi) is 1.94. The molecule has 2 unspecified atom stereocenters. The molecule has 2 nitrogen and oxygen atoms in total. The monoisotopic (exact) mass is 195 g/mol. The van der Waals surface area contributed by atoms with Gasteiger partial charge in [-0.15, -0.1) is 0 Å². The fraction of sp³-hybridized carbons (Fsp3) is 1.00. The number of hydrogen-bond donors (Lipinski definition) is 2. The largest absolute Gasteiger partial charge is 0.393 e. The van der Waals surface area contributed by atoms with Gasteiger partial charge in [-0.25, -0.2) is 0 Å². The lowest BCUT2D eigenvalue weighted by Gasteiger charge is -2.59. The van der Waals surface area contributed by atoms with Gasteiger partial charge < -0.3 is 10.4 Å². The quantitative estimate of drug-likeness (QED) is 0.698. The molecule has 2 atom stereocenters. The molecule has 0 spiro atoms. The van der Waals surface area contributed by atoms with Gasteiger partial charge in [-0.05, 0) is 62.3 Å². The fourth-order valence-electron chi connectivity index (χ4n) is 4.76. The summed E-state index contributed by atoms with van der Waals surface area (Å²) in [6.45, 7) is 1.17. The highest BCUT2D eigenvalue weighted by Crippen LogP contribution is 2.59. The van der Waals surface area contributed by atoms with E-state index in [4.69, 9.17) is 0 Å². The molecule has 4 aliphatic rings. The first-order valence-electron chi connectivity index (χ1n) is 6.05. The number of aliphatic hydroxyl groups is 1. The SMILES string of the molecule is CNCC12CC3CC(C1)C(O)C(C3)C2. The van der Waals surface area contributed by atoms with Gasteiger partial charge >= 0.3 is 0 Å². The number of hydrogen-bond acceptors (Lipinski definition) is 2. The fourth-order valence-corrected chi connectivity index (χ4v) is 4.76. The highest BCUT2D eigenvalue weighted by molar-refractivity contribution is 5.05. The summed E-state index contributed by atoms with van der Waals surface area (Å²) in [5, 5.41) is 13.4. The molecule has 0 saturated heterocycles. The van der Waals surface area contributed by atoms with Crippen molar-refractivity contribution in [1.29, 1.82) is 0 Å². The van der Waals surface area contributed by atoms with E-state index in [2.05, 4.69) is 12.4 Å². The van der Waals surface area contributed by atoms with Crippen LogP contribution in [0.5, 0.6) is 0 Å². The maximum atomic E-state index is 10.1. The molecule has 0 aromatic carbocycles. The van der Waals surface area contributed by atoms with Crippen molar-refractivity contribution in [3.63, 3.8) is 0 Å². The average Bonchev–Trinajstić information content (AvgIpc) is 2.12. The van der Waals surface area contributed by atoms with Gasteiger partial charge in [-0.1, -0.05) is 0 Å². The second-order valence-electron chi connectivity index (χ2n) is 5.99. The minimum absolute atomic E-state index is 0.0385. The predicted molar refractivity (Wildman–Crippen MR) is 55.9 cm³/mol. The normalized spacial score (nSPS) is 55.3. The van der Waals surface area contributed by atoms with Gasteiger partial charge in [0.2, 0.25) is 0 Å². The summed E-state index contributed by atoms with van der Waals surface area (Å²) < 4.78 is 0. The Morgan fingerprint density at radius 3 is 2.43 bits per heavy atom. The van der Waals surface area contributed by atoms with Gasteiger partial charge in [0.1, 0.15) is 0 Å². The van der Waals surface area contributed by atoms with E-state index in [1.54, 1.807) is 0 Å². The third-order valence-corrected chi connectivity index (χ3v) is 4.90. The van der Waals surface area contributed by atoms with E-state index < -0.39 is 0 Å². The van der Waals surface area contributed by atoms with Crippen molar-refractivity contribution in [2.45, 2.75) is 38.2 Å². The molecule has 0 aromatic heterocycles. The van der Waals surface area contributed by atoms with Crippen LogP contribution in [0, 0.1) is 23.2 Å². The van der Waals surface area contributed by atoms with E-state index >= 15 is 0 Å². The molecule has 4 bridgehead atoms. The highest BCUT2D eigenvalue weighted by Gasteiger charge is 2.54. The lowest BCUT2D eigenvalue weighted by atomic mass is 9.48. The van der Waals surface area contributed by atoms with Crippen LogP contribution in [0.4, 0.5) is 0 Å². The van der Waals surface area contributed by atoms with Gasteiger partial charge in [-0.3, -0.25) is 0 Å². The zero-order chi connectivity index (χ0) is 9.76. The summed E-state index contributed by atoms with van der Waals surface area (Å²) in [4.78, 5) is 0. The first kappa shape index (κ1) is 9.17. The molecule has 0 aliphatic heterocycles. The van der Waals surface area contributed by atoms with Crippen molar-refractivity contribution in [3.8, 4) is 0 Å². The van der Waals surface area contributed by atoms with Crippen LogP contribution in [0.25, 0.3) is 0 Å². The minimum atomic E-state index is 0.0385. The van der Waals surface area contributed by atoms with Crippen LogP contribution in [0.3, 0.4) is 0 Å². The van der Waals surface area contributed by atoms with E-state index in [1.165, 1.54) is 38.6 Å². The first-order valence-corrected chi connectivity index (χ1v) is 6.05. The van der Waals surface area contributed by atoms with E-state index in [9.17, 15) is 5.11 Å². The van der Waals surface area contributed by atoms with Gasteiger partial charge in [-0.2, -0.15) is 0 Å². The van der Waals surface area contributed by atoms with E-state index in [-0.39, 0.29) is 6.10 Å². The van der Waals surface area contributed by atoms with Crippen molar-refractivity contribution >= 4 is 0 Å². The number of nitrogens with one attached hydrogen (secondary N) is 1. The molecule has 0 radical (unpaired) electrons. The highest BCUT2D eigenvalue weighted by atomic mass is 16.3. The smallest absolute Gasteiger partial charge is 0.0597 e. The van der Waals surface area contributed by atoms with Crippen molar-refractivity contribution in [2.75, 3.05) is 13.6 Å². The van der Waals surface area contributed by atoms with Crippen LogP contribution in [-0.4, -0.2) is 24.8 Å². The van der Waals surface area contributed by atoms with Crippen molar-refractivity contribution in [1.82, 2.24) is 5.32 Å². The molecule has 0 heterocycles. The van der Waals surface area contributed by atoms with E-state index in [0.717, 1.165) is 5.92 Å². The molecule has 4 saturated carbocycles. The summed E-state index contributed by atoms with van der Waals surface area (Å²) in [5.74, 6) is 2.20. The van der Waals surface area contributed by atoms with Crippen LogP contribution in [-0.2, 0) is 0 Å². The van der Waals surface area contributed by atoms with Crippen LogP contribution in [0.15, 0.2) is 0 Å². The summed E-state index contributed by atoms with van der Waals surface area (Å²) in [5.41, 5.74) is 0.560. The second kappa shape index (κ2) is 2.96.